The summed E-state index contributed by atoms with van der Waals surface area (Å²) in [4.78, 5) is 26.6. The molecule has 1 fully saturated rings. The second-order valence-electron chi connectivity index (χ2n) is 7.33. The average Bonchev–Trinajstić information content (AvgIpc) is 2.85. The van der Waals surface area contributed by atoms with Crippen LogP contribution in [-0.4, -0.2) is 65.2 Å². The van der Waals surface area contributed by atoms with Gasteiger partial charge in [0.1, 0.15) is 12.4 Å². The van der Waals surface area contributed by atoms with E-state index in [1.807, 2.05) is 16.4 Å². The number of methoxy groups -OCH3 is 1. The Morgan fingerprint density at radius 1 is 1.19 bits per heavy atom. The lowest BCUT2D eigenvalue weighted by atomic mass is 9.73. The molecule has 8 nitrogen and oxygen atoms in total. The van der Waals surface area contributed by atoms with Crippen molar-refractivity contribution in [2.24, 2.45) is 5.41 Å². The third kappa shape index (κ3) is 4.01. The first-order valence-electron chi connectivity index (χ1n) is 9.59. The van der Waals surface area contributed by atoms with Gasteiger partial charge in [0.15, 0.2) is 0 Å². The molecule has 0 saturated carbocycles. The Kier molecular flexibility index (Phi) is 6.13. The van der Waals surface area contributed by atoms with E-state index in [2.05, 4.69) is 5.10 Å². The number of carbonyl (C=O) groups is 1. The van der Waals surface area contributed by atoms with Crippen molar-refractivity contribution in [3.63, 3.8) is 0 Å². The van der Waals surface area contributed by atoms with Crippen molar-refractivity contribution in [2.45, 2.75) is 52.1 Å². The van der Waals surface area contributed by atoms with Crippen molar-refractivity contribution in [1.82, 2.24) is 19.2 Å². The smallest absolute Gasteiger partial charge is 0.345 e. The fourth-order valence-electron chi connectivity index (χ4n) is 4.08. The Morgan fingerprint density at radius 3 is 2.62 bits per heavy atom. The highest BCUT2D eigenvalue weighted by molar-refractivity contribution is 5.77. The van der Waals surface area contributed by atoms with Crippen LogP contribution in [0.25, 0.3) is 0 Å². The van der Waals surface area contributed by atoms with Crippen LogP contribution in [0.15, 0.2) is 4.79 Å². The number of piperidine rings is 1. The third-order valence-corrected chi connectivity index (χ3v) is 5.86. The second kappa shape index (κ2) is 8.35. The quantitative estimate of drug-likeness (QED) is 0.740. The second-order valence-corrected chi connectivity index (χ2v) is 7.33. The first-order chi connectivity index (χ1) is 12.6. The van der Waals surface area contributed by atoms with E-state index in [4.69, 9.17) is 9.47 Å². The van der Waals surface area contributed by atoms with Crippen molar-refractivity contribution in [2.75, 3.05) is 40.0 Å². The molecular weight excluding hydrogens is 336 g/mol. The first-order valence-corrected chi connectivity index (χ1v) is 9.59. The normalized spacial score (nSPS) is 19.4. The molecule has 2 aliphatic rings. The molecule has 3 heterocycles. The highest BCUT2D eigenvalue weighted by Crippen LogP contribution is 2.41. The summed E-state index contributed by atoms with van der Waals surface area (Å²) < 4.78 is 13.6. The summed E-state index contributed by atoms with van der Waals surface area (Å²) in [5.74, 6) is 0.974. The zero-order valence-electron chi connectivity index (χ0n) is 15.9. The van der Waals surface area contributed by atoms with E-state index in [1.165, 1.54) is 4.68 Å². The van der Waals surface area contributed by atoms with Crippen LogP contribution in [0.5, 0.6) is 0 Å². The molecule has 8 heteroatoms. The Bertz CT molecular complexity index is 673. The van der Waals surface area contributed by atoms with E-state index < -0.39 is 0 Å². The van der Waals surface area contributed by atoms with Crippen molar-refractivity contribution < 1.29 is 14.3 Å². The number of ether oxygens (including phenoxy) is 2. The summed E-state index contributed by atoms with van der Waals surface area (Å²) in [5.41, 5.74) is 0.186. The predicted molar refractivity (Wildman–Crippen MR) is 96.0 cm³/mol. The maximum atomic E-state index is 12.5. The third-order valence-electron chi connectivity index (χ3n) is 5.86. The minimum atomic E-state index is -0.0292. The minimum absolute atomic E-state index is 0.0292. The van der Waals surface area contributed by atoms with Gasteiger partial charge in [0.05, 0.1) is 13.2 Å². The number of hydrogen-bond donors (Lipinski definition) is 0. The van der Waals surface area contributed by atoms with Gasteiger partial charge in [-0.05, 0) is 38.0 Å². The molecule has 1 saturated heterocycles. The lowest BCUT2D eigenvalue weighted by Crippen LogP contribution is -2.44. The molecule has 1 aromatic heterocycles. The van der Waals surface area contributed by atoms with Gasteiger partial charge in [-0.1, -0.05) is 0 Å². The Morgan fingerprint density at radius 2 is 1.92 bits per heavy atom. The van der Waals surface area contributed by atoms with Crippen molar-refractivity contribution in [3.05, 3.63) is 16.3 Å². The number of hydrogen-bond acceptors (Lipinski definition) is 5. The Balaban J connectivity index is 1.60. The lowest BCUT2D eigenvalue weighted by molar-refractivity contribution is -0.138. The molecule has 0 N–H and O–H groups in total. The molecule has 146 valence electrons. The number of likely N-dealkylation sites (tertiary alicyclic amines) is 1. The van der Waals surface area contributed by atoms with Crippen LogP contribution in [0.4, 0.5) is 0 Å². The van der Waals surface area contributed by atoms with Crippen LogP contribution in [0.3, 0.4) is 0 Å². The summed E-state index contributed by atoms with van der Waals surface area (Å²) in [6.07, 6.45) is 4.81. The maximum Gasteiger partial charge on any atom is 0.345 e. The van der Waals surface area contributed by atoms with Crippen LogP contribution in [-0.2, 0) is 33.8 Å². The molecule has 26 heavy (non-hydrogen) atoms. The van der Waals surface area contributed by atoms with Crippen molar-refractivity contribution >= 4 is 5.91 Å². The number of aryl methyl sites for hydroxylation is 1. The van der Waals surface area contributed by atoms with Gasteiger partial charge in [-0.15, -0.1) is 0 Å². The van der Waals surface area contributed by atoms with Crippen molar-refractivity contribution in [1.29, 1.82) is 0 Å². The minimum Gasteiger partial charge on any atom is -0.383 e. The number of amides is 1. The Labute approximate surface area is 154 Å². The highest BCUT2D eigenvalue weighted by Gasteiger charge is 2.37. The van der Waals surface area contributed by atoms with Gasteiger partial charge in [-0.3, -0.25) is 9.36 Å². The fraction of sp³-hybridized carbons (Fsp3) is 0.833. The number of rotatable bonds is 6. The fourth-order valence-corrected chi connectivity index (χ4v) is 4.08. The number of aromatic nitrogens is 3. The molecule has 2 aliphatic heterocycles. The number of carbonyl (C=O) groups excluding carboxylic acids is 1. The zero-order valence-corrected chi connectivity index (χ0v) is 15.9. The van der Waals surface area contributed by atoms with E-state index >= 15 is 0 Å². The van der Waals surface area contributed by atoms with Gasteiger partial charge in [-0.2, -0.15) is 5.10 Å². The van der Waals surface area contributed by atoms with E-state index in [-0.39, 0.29) is 23.6 Å². The van der Waals surface area contributed by atoms with E-state index in [1.54, 1.807) is 7.11 Å². The largest absolute Gasteiger partial charge is 0.383 e. The molecule has 1 spiro atoms. The lowest BCUT2D eigenvalue weighted by Gasteiger charge is -2.41. The standard InChI is InChI=1S/C18H30N4O4/c1-3-26-14-16(23)20-9-6-18(7-10-20)5-4-15-19-22(12-13-25-2)17(24)21(15)11-8-18/h3-14H2,1-2H3. The highest BCUT2D eigenvalue weighted by atomic mass is 16.5. The molecule has 1 aromatic rings. The summed E-state index contributed by atoms with van der Waals surface area (Å²) in [6, 6.07) is 0. The zero-order chi connectivity index (χ0) is 18.6. The van der Waals surface area contributed by atoms with Gasteiger partial charge in [0, 0.05) is 39.8 Å². The van der Waals surface area contributed by atoms with Gasteiger partial charge in [0.2, 0.25) is 5.91 Å². The molecule has 0 unspecified atom stereocenters. The maximum absolute atomic E-state index is 12.5. The van der Waals surface area contributed by atoms with Crippen LogP contribution in [0.2, 0.25) is 0 Å². The molecule has 0 aliphatic carbocycles. The van der Waals surface area contributed by atoms with Crippen LogP contribution < -0.4 is 5.69 Å². The molecule has 0 atom stereocenters. The SMILES string of the molecule is CCOCC(=O)N1CCC2(CCc3nn(CCOC)c(=O)n3CC2)CC1. The van der Waals surface area contributed by atoms with E-state index in [9.17, 15) is 9.59 Å². The molecule has 1 amide bonds. The monoisotopic (exact) mass is 366 g/mol. The topological polar surface area (TPSA) is 78.6 Å². The Hall–Kier alpha value is -1.67. The van der Waals surface area contributed by atoms with Gasteiger partial charge in [0.25, 0.3) is 0 Å². The van der Waals surface area contributed by atoms with Crippen LogP contribution in [0.1, 0.15) is 38.4 Å². The van der Waals surface area contributed by atoms with E-state index in [0.29, 0.717) is 26.3 Å². The first kappa shape index (κ1) is 19.1. The predicted octanol–water partition coefficient (Wildman–Crippen LogP) is 0.673. The molecule has 0 aromatic carbocycles. The average molecular weight is 366 g/mol. The molecular formula is C18H30N4O4. The van der Waals surface area contributed by atoms with E-state index in [0.717, 1.165) is 51.0 Å². The summed E-state index contributed by atoms with van der Waals surface area (Å²) >= 11 is 0. The summed E-state index contributed by atoms with van der Waals surface area (Å²) in [6.45, 7) is 5.92. The summed E-state index contributed by atoms with van der Waals surface area (Å²) in [7, 11) is 1.63. The van der Waals surface area contributed by atoms with Gasteiger partial charge in [-0.25, -0.2) is 9.48 Å². The van der Waals surface area contributed by atoms with Gasteiger partial charge >= 0.3 is 5.69 Å². The molecule has 3 rings (SSSR count). The molecule has 0 radical (unpaired) electrons. The van der Waals surface area contributed by atoms with Gasteiger partial charge < -0.3 is 14.4 Å². The van der Waals surface area contributed by atoms with Crippen LogP contribution in [0, 0.1) is 5.41 Å². The number of nitrogens with zero attached hydrogens (tertiary/aromatic N) is 4. The summed E-state index contributed by atoms with van der Waals surface area (Å²) in [5, 5.41) is 4.51. The number of fused-ring (bicyclic) bond motifs is 1. The molecule has 0 bridgehead atoms. The van der Waals surface area contributed by atoms with Crippen LogP contribution >= 0.6 is 0 Å². The van der Waals surface area contributed by atoms with Crippen molar-refractivity contribution in [3.8, 4) is 0 Å².